The number of alkyl halides is 2. The quantitative estimate of drug-likeness (QED) is 0.635. The van der Waals surface area contributed by atoms with Crippen molar-refractivity contribution in [1.82, 2.24) is 0 Å². The van der Waals surface area contributed by atoms with Crippen molar-refractivity contribution < 1.29 is 28.2 Å². The zero-order valence-electron chi connectivity index (χ0n) is 16.3. The second kappa shape index (κ2) is 9.95. The number of hydrogen-bond acceptors (Lipinski definition) is 7. The maximum absolute atomic E-state index is 13.0. The number of aliphatic imine (C=N–C) groups is 1. The van der Waals surface area contributed by atoms with Gasteiger partial charge in [-0.05, 0) is 55.0 Å². The Labute approximate surface area is 181 Å². The van der Waals surface area contributed by atoms with Crippen LogP contribution in [0.15, 0.2) is 53.2 Å². The predicted octanol–water partition coefficient (Wildman–Crippen LogP) is 4.39. The Hall–Kier alpha value is -3.58. The second-order valence-corrected chi connectivity index (χ2v) is 6.99. The SMILES string of the molecule is CCOc1cc(C=C2N=C(SCC#N)N(c3ccc(OC(F)F)cc3)C2=O)ccc1O. The van der Waals surface area contributed by atoms with Crippen molar-refractivity contribution in [2.45, 2.75) is 13.5 Å². The largest absolute Gasteiger partial charge is 0.504 e. The first kappa shape index (κ1) is 22.1. The fourth-order valence-corrected chi connectivity index (χ4v) is 3.42. The van der Waals surface area contributed by atoms with Gasteiger partial charge in [-0.2, -0.15) is 14.0 Å². The van der Waals surface area contributed by atoms with E-state index in [0.717, 1.165) is 11.8 Å². The zero-order chi connectivity index (χ0) is 22.4. The average Bonchev–Trinajstić information content (AvgIpc) is 3.04. The number of phenols is 1. The molecular formula is C21H17F2N3O4S. The van der Waals surface area contributed by atoms with Gasteiger partial charge in [-0.1, -0.05) is 17.8 Å². The number of ether oxygens (including phenoxy) is 2. The number of rotatable bonds is 7. The first-order valence-electron chi connectivity index (χ1n) is 9.08. The number of carbonyl (C=O) groups excluding carboxylic acids is 1. The number of nitrogens with zero attached hydrogens (tertiary/aromatic N) is 3. The molecule has 2 aromatic carbocycles. The maximum atomic E-state index is 13.0. The lowest BCUT2D eigenvalue weighted by Gasteiger charge is -2.17. The summed E-state index contributed by atoms with van der Waals surface area (Å²) in [4.78, 5) is 18.7. The molecule has 0 spiro atoms. The van der Waals surface area contributed by atoms with E-state index in [1.54, 1.807) is 19.1 Å². The van der Waals surface area contributed by atoms with E-state index in [1.807, 2.05) is 6.07 Å². The number of hydrogen-bond donors (Lipinski definition) is 1. The Morgan fingerprint density at radius 1 is 1.29 bits per heavy atom. The lowest BCUT2D eigenvalue weighted by Crippen LogP contribution is -2.30. The van der Waals surface area contributed by atoms with Gasteiger partial charge in [0.1, 0.15) is 11.4 Å². The molecule has 1 N–H and O–H groups in total. The number of thioether (sulfide) groups is 1. The van der Waals surface area contributed by atoms with E-state index in [4.69, 9.17) is 10.00 Å². The summed E-state index contributed by atoms with van der Waals surface area (Å²) in [6.45, 7) is -0.814. The van der Waals surface area contributed by atoms with Crippen LogP contribution in [0, 0.1) is 11.3 Å². The predicted molar refractivity (Wildman–Crippen MR) is 113 cm³/mol. The van der Waals surface area contributed by atoms with Crippen LogP contribution in [0.4, 0.5) is 14.5 Å². The number of benzene rings is 2. The summed E-state index contributed by atoms with van der Waals surface area (Å²) in [5, 5.41) is 19.0. The van der Waals surface area contributed by atoms with E-state index in [-0.39, 0.29) is 33.9 Å². The van der Waals surface area contributed by atoms with Crippen LogP contribution < -0.4 is 14.4 Å². The molecule has 1 aliphatic heterocycles. The minimum absolute atomic E-state index is 0.0248. The summed E-state index contributed by atoms with van der Waals surface area (Å²) in [7, 11) is 0. The number of carbonyl (C=O) groups is 1. The normalized spacial score (nSPS) is 14.7. The molecule has 3 rings (SSSR count). The number of amides is 1. The standard InChI is InChI=1S/C21H17F2N3O4S/c1-2-29-18-12-13(3-8-17(18)27)11-16-19(28)26(21(25-16)31-10-9-24)14-4-6-15(7-5-14)30-20(22)23/h3-8,11-12,20,27H,2,10H2,1H3. The summed E-state index contributed by atoms with van der Waals surface area (Å²) in [5.74, 6) is -0.179. The van der Waals surface area contributed by atoms with E-state index in [9.17, 15) is 18.7 Å². The number of halogens is 2. The highest BCUT2D eigenvalue weighted by Gasteiger charge is 2.32. The van der Waals surface area contributed by atoms with Gasteiger partial charge in [-0.3, -0.25) is 9.69 Å². The molecule has 0 atom stereocenters. The van der Waals surface area contributed by atoms with Crippen LogP contribution >= 0.6 is 11.8 Å². The Kier molecular flexibility index (Phi) is 7.10. The van der Waals surface area contributed by atoms with Crippen LogP contribution in [0.3, 0.4) is 0 Å². The van der Waals surface area contributed by atoms with Crippen molar-refractivity contribution in [3.63, 3.8) is 0 Å². The van der Waals surface area contributed by atoms with Crippen LogP contribution in [0.25, 0.3) is 6.08 Å². The number of nitriles is 1. The molecule has 7 nitrogen and oxygen atoms in total. The van der Waals surface area contributed by atoms with Gasteiger partial charge in [0.2, 0.25) is 0 Å². The number of phenolic OH excluding ortho intramolecular Hbond substituents is 1. The third kappa shape index (κ3) is 5.32. The summed E-state index contributed by atoms with van der Waals surface area (Å²) in [5.41, 5.74) is 1.09. The molecule has 0 bridgehead atoms. The molecule has 160 valence electrons. The molecule has 0 unspecified atom stereocenters. The second-order valence-electron chi connectivity index (χ2n) is 6.04. The van der Waals surface area contributed by atoms with E-state index in [2.05, 4.69) is 9.73 Å². The summed E-state index contributed by atoms with van der Waals surface area (Å²) >= 11 is 1.07. The van der Waals surface area contributed by atoms with Gasteiger partial charge >= 0.3 is 6.61 Å². The third-order valence-electron chi connectivity index (χ3n) is 4.00. The van der Waals surface area contributed by atoms with Gasteiger partial charge in [-0.15, -0.1) is 0 Å². The van der Waals surface area contributed by atoms with Crippen LogP contribution in [0.5, 0.6) is 17.2 Å². The van der Waals surface area contributed by atoms with E-state index in [1.165, 1.54) is 41.3 Å². The first-order valence-corrected chi connectivity index (χ1v) is 10.1. The number of amidine groups is 1. The topological polar surface area (TPSA) is 95.1 Å². The average molecular weight is 445 g/mol. The van der Waals surface area contributed by atoms with Gasteiger partial charge in [-0.25, -0.2) is 4.99 Å². The molecule has 1 aliphatic rings. The van der Waals surface area contributed by atoms with Crippen molar-refractivity contribution in [3.8, 4) is 23.3 Å². The Morgan fingerprint density at radius 2 is 2.03 bits per heavy atom. The van der Waals surface area contributed by atoms with Crippen molar-refractivity contribution in [3.05, 3.63) is 53.7 Å². The zero-order valence-corrected chi connectivity index (χ0v) is 17.1. The van der Waals surface area contributed by atoms with Crippen LogP contribution in [-0.4, -0.2) is 35.2 Å². The van der Waals surface area contributed by atoms with Gasteiger partial charge in [0, 0.05) is 0 Å². The molecule has 0 radical (unpaired) electrons. The Morgan fingerprint density at radius 3 is 2.68 bits per heavy atom. The molecular weight excluding hydrogens is 428 g/mol. The van der Waals surface area contributed by atoms with Crippen molar-refractivity contribution in [1.29, 1.82) is 5.26 Å². The molecule has 2 aromatic rings. The van der Waals surface area contributed by atoms with E-state index in [0.29, 0.717) is 17.9 Å². The van der Waals surface area contributed by atoms with E-state index < -0.39 is 12.5 Å². The molecule has 0 saturated heterocycles. The fraction of sp³-hybridized carbons (Fsp3) is 0.190. The highest BCUT2D eigenvalue weighted by atomic mass is 32.2. The Bertz CT molecular complexity index is 1070. The minimum atomic E-state index is -2.95. The van der Waals surface area contributed by atoms with Crippen LogP contribution in [-0.2, 0) is 4.79 Å². The first-order chi connectivity index (χ1) is 14.9. The smallest absolute Gasteiger partial charge is 0.387 e. The molecule has 1 amide bonds. The van der Waals surface area contributed by atoms with Crippen molar-refractivity contribution in [2.75, 3.05) is 17.3 Å². The van der Waals surface area contributed by atoms with Gasteiger partial charge in [0.05, 0.1) is 24.1 Å². The van der Waals surface area contributed by atoms with Gasteiger partial charge in [0.25, 0.3) is 5.91 Å². The molecule has 0 fully saturated rings. The fourth-order valence-electron chi connectivity index (χ4n) is 2.74. The highest BCUT2D eigenvalue weighted by molar-refractivity contribution is 8.14. The highest BCUT2D eigenvalue weighted by Crippen LogP contribution is 2.32. The third-order valence-corrected chi connectivity index (χ3v) is 4.81. The molecule has 0 aliphatic carbocycles. The molecule has 1 heterocycles. The van der Waals surface area contributed by atoms with Crippen LogP contribution in [0.1, 0.15) is 12.5 Å². The monoisotopic (exact) mass is 445 g/mol. The summed E-state index contributed by atoms with van der Waals surface area (Å²) < 4.78 is 34.4. The number of anilines is 1. The van der Waals surface area contributed by atoms with Crippen molar-refractivity contribution in [2.24, 2.45) is 4.99 Å². The van der Waals surface area contributed by atoms with Gasteiger partial charge in [0.15, 0.2) is 16.7 Å². The summed E-state index contributed by atoms with van der Waals surface area (Å²) in [6, 6.07) is 12.2. The van der Waals surface area contributed by atoms with E-state index >= 15 is 0 Å². The van der Waals surface area contributed by atoms with Crippen LogP contribution in [0.2, 0.25) is 0 Å². The van der Waals surface area contributed by atoms with Crippen molar-refractivity contribution >= 4 is 34.6 Å². The molecule has 0 aromatic heterocycles. The molecule has 10 heteroatoms. The Balaban J connectivity index is 1.93. The lowest BCUT2D eigenvalue weighted by atomic mass is 10.1. The van der Waals surface area contributed by atoms with Gasteiger partial charge < -0.3 is 14.6 Å². The molecule has 0 saturated carbocycles. The molecule has 31 heavy (non-hydrogen) atoms. The number of aromatic hydroxyl groups is 1. The maximum Gasteiger partial charge on any atom is 0.387 e. The summed E-state index contributed by atoms with van der Waals surface area (Å²) in [6.07, 6.45) is 1.53. The minimum Gasteiger partial charge on any atom is -0.504 e. The lowest BCUT2D eigenvalue weighted by molar-refractivity contribution is -0.113.